The molecule has 0 radical (unpaired) electrons. The minimum absolute atomic E-state index is 0. The van der Waals surface area contributed by atoms with Crippen molar-refractivity contribution in [1.29, 1.82) is 0 Å². The lowest BCUT2D eigenvalue weighted by molar-refractivity contribution is 0.260. The number of halogens is 3. The van der Waals surface area contributed by atoms with E-state index in [2.05, 4.69) is 0 Å². The fourth-order valence-corrected chi connectivity index (χ4v) is 5.10. The van der Waals surface area contributed by atoms with Crippen LogP contribution >= 0.6 is 12.4 Å². The van der Waals surface area contributed by atoms with Crippen LogP contribution in [0.15, 0.2) is 23.1 Å². The molecule has 2 fully saturated rings. The second-order valence-electron chi connectivity index (χ2n) is 5.92. The molecule has 3 rings (SSSR count). The molecule has 4 nitrogen and oxygen atoms in total. The van der Waals surface area contributed by atoms with Crippen LogP contribution in [0.5, 0.6) is 0 Å². The topological polar surface area (TPSA) is 63.4 Å². The van der Waals surface area contributed by atoms with E-state index in [1.54, 1.807) is 0 Å². The standard InChI is InChI=1S/C14H18F2N2O2S.ClH/c15-10-4-5-12(16)14(6-10)21(19,20)18-7-9-2-1-3-13(17)11(9)8-18;/h4-6,9,11,13H,1-3,7-8,17H2;1H. The van der Waals surface area contributed by atoms with Gasteiger partial charge in [0, 0.05) is 19.1 Å². The first-order valence-corrected chi connectivity index (χ1v) is 8.54. The fraction of sp³-hybridized carbons (Fsp3) is 0.571. The summed E-state index contributed by atoms with van der Waals surface area (Å²) in [6.45, 7) is 0.640. The summed E-state index contributed by atoms with van der Waals surface area (Å²) in [5, 5.41) is 0. The van der Waals surface area contributed by atoms with Gasteiger partial charge in [0.1, 0.15) is 16.5 Å². The van der Waals surface area contributed by atoms with E-state index in [1.165, 1.54) is 4.31 Å². The molecular weight excluding hydrogens is 334 g/mol. The third-order valence-corrected chi connectivity index (χ3v) is 6.48. The first-order chi connectivity index (χ1) is 9.89. The highest BCUT2D eigenvalue weighted by atomic mass is 35.5. The highest BCUT2D eigenvalue weighted by Crippen LogP contribution is 2.38. The minimum atomic E-state index is -4.01. The average molecular weight is 353 g/mol. The molecule has 0 aromatic heterocycles. The van der Waals surface area contributed by atoms with Gasteiger partial charge in [-0.1, -0.05) is 6.42 Å². The molecule has 1 saturated heterocycles. The molecule has 8 heteroatoms. The Hall–Kier alpha value is -0.760. The minimum Gasteiger partial charge on any atom is -0.327 e. The molecular formula is C14H19ClF2N2O2S. The molecule has 124 valence electrons. The zero-order valence-electron chi connectivity index (χ0n) is 11.9. The van der Waals surface area contributed by atoms with Gasteiger partial charge >= 0.3 is 0 Å². The maximum Gasteiger partial charge on any atom is 0.246 e. The smallest absolute Gasteiger partial charge is 0.246 e. The van der Waals surface area contributed by atoms with Gasteiger partial charge in [0.2, 0.25) is 10.0 Å². The second kappa shape index (κ2) is 6.39. The molecule has 2 N–H and O–H groups in total. The molecule has 1 saturated carbocycles. The second-order valence-corrected chi connectivity index (χ2v) is 7.82. The Morgan fingerprint density at radius 2 is 1.91 bits per heavy atom. The summed E-state index contributed by atoms with van der Waals surface area (Å²) >= 11 is 0. The lowest BCUT2D eigenvalue weighted by Gasteiger charge is -2.29. The molecule has 0 spiro atoms. The third kappa shape index (κ3) is 2.99. The van der Waals surface area contributed by atoms with Crippen molar-refractivity contribution < 1.29 is 17.2 Å². The highest BCUT2D eigenvalue weighted by molar-refractivity contribution is 7.89. The Balaban J connectivity index is 0.00000176. The summed E-state index contributed by atoms with van der Waals surface area (Å²) in [6, 6.07) is 2.49. The van der Waals surface area contributed by atoms with E-state index in [0.29, 0.717) is 13.1 Å². The molecule has 3 unspecified atom stereocenters. The van der Waals surface area contributed by atoms with E-state index < -0.39 is 26.6 Å². The van der Waals surface area contributed by atoms with E-state index in [1.807, 2.05) is 0 Å². The summed E-state index contributed by atoms with van der Waals surface area (Å²) in [7, 11) is -4.01. The summed E-state index contributed by atoms with van der Waals surface area (Å²) in [5.41, 5.74) is 6.06. The van der Waals surface area contributed by atoms with E-state index >= 15 is 0 Å². The van der Waals surface area contributed by atoms with Crippen molar-refractivity contribution in [2.45, 2.75) is 30.2 Å². The Kier molecular flexibility index (Phi) is 5.11. The largest absolute Gasteiger partial charge is 0.327 e. The molecule has 1 aliphatic carbocycles. The van der Waals surface area contributed by atoms with Crippen LogP contribution in [0.4, 0.5) is 8.78 Å². The van der Waals surface area contributed by atoms with Crippen LogP contribution in [0, 0.1) is 23.5 Å². The number of rotatable bonds is 2. The van der Waals surface area contributed by atoms with Crippen molar-refractivity contribution in [2.75, 3.05) is 13.1 Å². The Morgan fingerprint density at radius 3 is 2.59 bits per heavy atom. The van der Waals surface area contributed by atoms with Gasteiger partial charge in [0.05, 0.1) is 0 Å². The number of nitrogens with two attached hydrogens (primary N) is 1. The van der Waals surface area contributed by atoms with Crippen molar-refractivity contribution in [2.24, 2.45) is 17.6 Å². The van der Waals surface area contributed by atoms with E-state index in [4.69, 9.17) is 5.73 Å². The number of nitrogens with zero attached hydrogens (tertiary/aromatic N) is 1. The molecule has 3 atom stereocenters. The van der Waals surface area contributed by atoms with Gasteiger partial charge in [-0.3, -0.25) is 0 Å². The maximum atomic E-state index is 13.8. The SMILES string of the molecule is Cl.NC1CCCC2CN(S(=O)(=O)c3cc(F)ccc3F)CC12. The number of hydrogen-bond donors (Lipinski definition) is 1. The fourth-order valence-electron chi connectivity index (χ4n) is 3.49. The Morgan fingerprint density at radius 1 is 1.18 bits per heavy atom. The van der Waals surface area contributed by atoms with Gasteiger partial charge in [-0.2, -0.15) is 4.31 Å². The summed E-state index contributed by atoms with van der Waals surface area (Å²) in [5.74, 6) is -1.34. The van der Waals surface area contributed by atoms with E-state index in [0.717, 1.165) is 37.5 Å². The van der Waals surface area contributed by atoms with Gasteiger partial charge in [-0.05, 0) is 42.9 Å². The van der Waals surface area contributed by atoms with Gasteiger partial charge in [-0.25, -0.2) is 17.2 Å². The molecule has 0 bridgehead atoms. The summed E-state index contributed by atoms with van der Waals surface area (Å²) < 4.78 is 53.3. The zero-order valence-corrected chi connectivity index (χ0v) is 13.5. The van der Waals surface area contributed by atoms with Crippen LogP contribution < -0.4 is 5.73 Å². The molecule has 1 aliphatic heterocycles. The van der Waals surface area contributed by atoms with E-state index in [9.17, 15) is 17.2 Å². The van der Waals surface area contributed by atoms with Gasteiger partial charge in [0.15, 0.2) is 0 Å². The maximum absolute atomic E-state index is 13.8. The molecule has 2 aliphatic rings. The van der Waals surface area contributed by atoms with Crippen LogP contribution in [0.3, 0.4) is 0 Å². The average Bonchev–Trinajstić information content (AvgIpc) is 2.88. The molecule has 1 aromatic rings. The summed E-state index contributed by atoms with van der Waals surface area (Å²) in [6.07, 6.45) is 2.82. The zero-order chi connectivity index (χ0) is 15.2. The third-order valence-electron chi connectivity index (χ3n) is 4.63. The molecule has 1 heterocycles. The highest BCUT2D eigenvalue weighted by Gasteiger charge is 2.43. The quantitative estimate of drug-likeness (QED) is 0.887. The van der Waals surface area contributed by atoms with Gasteiger partial charge in [-0.15, -0.1) is 12.4 Å². The van der Waals surface area contributed by atoms with Crippen LogP contribution in [0.1, 0.15) is 19.3 Å². The van der Waals surface area contributed by atoms with Gasteiger partial charge < -0.3 is 5.73 Å². The number of fused-ring (bicyclic) bond motifs is 1. The normalized spacial score (nSPS) is 29.0. The predicted molar refractivity (Wildman–Crippen MR) is 81.2 cm³/mol. The monoisotopic (exact) mass is 352 g/mol. The molecule has 0 amide bonds. The van der Waals surface area contributed by atoms with Crippen molar-refractivity contribution >= 4 is 22.4 Å². The lowest BCUT2D eigenvalue weighted by atomic mass is 9.78. The lowest BCUT2D eigenvalue weighted by Crippen LogP contribution is -2.38. The van der Waals surface area contributed by atoms with Crippen LogP contribution in [-0.2, 0) is 10.0 Å². The van der Waals surface area contributed by atoms with Crippen LogP contribution in [0.2, 0.25) is 0 Å². The van der Waals surface area contributed by atoms with Crippen LogP contribution in [0.25, 0.3) is 0 Å². The first-order valence-electron chi connectivity index (χ1n) is 7.10. The predicted octanol–water partition coefficient (Wildman–Crippen LogP) is 2.13. The number of benzene rings is 1. The van der Waals surface area contributed by atoms with Crippen LogP contribution in [-0.4, -0.2) is 31.9 Å². The van der Waals surface area contributed by atoms with Crippen molar-refractivity contribution in [3.05, 3.63) is 29.8 Å². The number of sulfonamides is 1. The Labute approximate surface area is 135 Å². The van der Waals surface area contributed by atoms with E-state index in [-0.39, 0.29) is 30.3 Å². The summed E-state index contributed by atoms with van der Waals surface area (Å²) in [4.78, 5) is -0.588. The Bertz CT molecular complexity index is 656. The van der Waals surface area contributed by atoms with Gasteiger partial charge in [0.25, 0.3) is 0 Å². The van der Waals surface area contributed by atoms with Crippen molar-refractivity contribution in [1.82, 2.24) is 4.31 Å². The molecule has 1 aromatic carbocycles. The van der Waals surface area contributed by atoms with Crippen molar-refractivity contribution in [3.8, 4) is 0 Å². The first kappa shape index (κ1) is 17.6. The molecule has 22 heavy (non-hydrogen) atoms. The number of hydrogen-bond acceptors (Lipinski definition) is 3. The van der Waals surface area contributed by atoms with Crippen molar-refractivity contribution in [3.63, 3.8) is 0 Å².